The number of hydrogen-bond acceptors (Lipinski definition) is 4. The van der Waals surface area contributed by atoms with Gasteiger partial charge in [0.2, 0.25) is 5.91 Å². The standard InChI is InChI=1S/C20H26N4O2/c1-26-18-6-4-16(5-7-18)12-23-8-9-24-13-17(22-19(24)14-23)11-21-20(25)10-15-2-3-15/h4-7,13,15H,2-3,8-12,14H2,1H3,(H,21,25). The van der Waals surface area contributed by atoms with E-state index in [2.05, 4.69) is 33.1 Å². The van der Waals surface area contributed by atoms with Crippen LogP contribution < -0.4 is 10.1 Å². The van der Waals surface area contributed by atoms with Gasteiger partial charge < -0.3 is 14.6 Å². The van der Waals surface area contributed by atoms with Gasteiger partial charge in [0.15, 0.2) is 0 Å². The molecule has 4 rings (SSSR count). The van der Waals surface area contributed by atoms with Gasteiger partial charge in [-0.15, -0.1) is 0 Å². The number of methoxy groups -OCH3 is 1. The topological polar surface area (TPSA) is 59.4 Å². The average Bonchev–Trinajstić information content (AvgIpc) is 3.37. The third-order valence-corrected chi connectivity index (χ3v) is 5.13. The summed E-state index contributed by atoms with van der Waals surface area (Å²) < 4.78 is 7.43. The van der Waals surface area contributed by atoms with Crippen LogP contribution in [0, 0.1) is 5.92 Å². The number of carbonyl (C=O) groups excluding carboxylic acids is 1. The molecule has 1 fully saturated rings. The van der Waals surface area contributed by atoms with Gasteiger partial charge >= 0.3 is 0 Å². The predicted molar refractivity (Wildman–Crippen MR) is 98.5 cm³/mol. The summed E-state index contributed by atoms with van der Waals surface area (Å²) in [4.78, 5) is 19.0. The van der Waals surface area contributed by atoms with Crippen LogP contribution in [0.5, 0.6) is 5.75 Å². The number of hydrogen-bond donors (Lipinski definition) is 1. The Morgan fingerprint density at radius 2 is 2.08 bits per heavy atom. The molecule has 0 unspecified atom stereocenters. The minimum atomic E-state index is 0.152. The number of ether oxygens (including phenoxy) is 1. The fraction of sp³-hybridized carbons (Fsp3) is 0.500. The molecular weight excluding hydrogens is 328 g/mol. The summed E-state index contributed by atoms with van der Waals surface area (Å²) in [5.41, 5.74) is 2.23. The summed E-state index contributed by atoms with van der Waals surface area (Å²) >= 11 is 0. The highest BCUT2D eigenvalue weighted by molar-refractivity contribution is 5.76. The molecule has 2 aliphatic rings. The highest BCUT2D eigenvalue weighted by Gasteiger charge is 2.24. The molecule has 26 heavy (non-hydrogen) atoms. The zero-order valence-electron chi connectivity index (χ0n) is 15.3. The Morgan fingerprint density at radius 3 is 2.81 bits per heavy atom. The Labute approximate surface area is 154 Å². The molecule has 1 aromatic carbocycles. The van der Waals surface area contributed by atoms with Crippen LogP contribution in [0.1, 0.15) is 36.3 Å². The van der Waals surface area contributed by atoms with Crippen molar-refractivity contribution in [1.82, 2.24) is 19.8 Å². The van der Waals surface area contributed by atoms with E-state index in [0.29, 0.717) is 18.9 Å². The van der Waals surface area contributed by atoms with E-state index in [9.17, 15) is 4.79 Å². The SMILES string of the molecule is COc1ccc(CN2CCn3cc(CNC(=O)CC4CC4)nc3C2)cc1. The summed E-state index contributed by atoms with van der Waals surface area (Å²) in [6.07, 6.45) is 5.16. The molecular formula is C20H26N4O2. The van der Waals surface area contributed by atoms with Crippen molar-refractivity contribution in [2.45, 2.75) is 45.4 Å². The number of fused-ring (bicyclic) bond motifs is 1. The number of amides is 1. The van der Waals surface area contributed by atoms with E-state index in [1.54, 1.807) is 7.11 Å². The van der Waals surface area contributed by atoms with Crippen molar-refractivity contribution >= 4 is 5.91 Å². The lowest BCUT2D eigenvalue weighted by Crippen LogP contribution is -2.33. The Kier molecular flexibility index (Phi) is 4.93. The Bertz CT molecular complexity index is 765. The van der Waals surface area contributed by atoms with Gasteiger partial charge in [-0.2, -0.15) is 0 Å². The summed E-state index contributed by atoms with van der Waals surface area (Å²) in [5.74, 6) is 2.74. The van der Waals surface area contributed by atoms with Crippen LogP contribution in [0.15, 0.2) is 30.5 Å². The minimum Gasteiger partial charge on any atom is -0.497 e. The maximum Gasteiger partial charge on any atom is 0.220 e. The molecule has 0 bridgehead atoms. The molecule has 1 aliphatic heterocycles. The van der Waals surface area contributed by atoms with E-state index in [0.717, 1.165) is 43.4 Å². The quantitative estimate of drug-likeness (QED) is 0.829. The van der Waals surface area contributed by atoms with Crippen LogP contribution in [0.3, 0.4) is 0 Å². The second-order valence-corrected chi connectivity index (χ2v) is 7.32. The molecule has 0 saturated heterocycles. The first-order chi connectivity index (χ1) is 12.7. The number of nitrogens with zero attached hydrogens (tertiary/aromatic N) is 3. The molecule has 1 amide bonds. The van der Waals surface area contributed by atoms with Crippen LogP contribution in [0.4, 0.5) is 0 Å². The number of imidazole rings is 1. The van der Waals surface area contributed by atoms with E-state index in [1.807, 2.05) is 12.1 Å². The molecule has 138 valence electrons. The molecule has 0 atom stereocenters. The molecule has 0 radical (unpaired) electrons. The maximum atomic E-state index is 11.8. The van der Waals surface area contributed by atoms with Crippen molar-refractivity contribution in [2.24, 2.45) is 5.92 Å². The molecule has 6 nitrogen and oxygen atoms in total. The summed E-state index contributed by atoms with van der Waals surface area (Å²) in [7, 11) is 1.69. The van der Waals surface area contributed by atoms with Crippen LogP contribution in [0.2, 0.25) is 0 Å². The first kappa shape index (κ1) is 17.1. The van der Waals surface area contributed by atoms with E-state index in [4.69, 9.17) is 9.72 Å². The number of carbonyl (C=O) groups is 1. The third-order valence-electron chi connectivity index (χ3n) is 5.13. The number of rotatable bonds is 7. The largest absolute Gasteiger partial charge is 0.497 e. The third kappa shape index (κ3) is 4.25. The van der Waals surface area contributed by atoms with Gasteiger partial charge in [-0.05, 0) is 36.5 Å². The van der Waals surface area contributed by atoms with Gasteiger partial charge in [-0.25, -0.2) is 4.98 Å². The van der Waals surface area contributed by atoms with Crippen molar-refractivity contribution in [3.05, 3.63) is 47.5 Å². The fourth-order valence-corrected chi connectivity index (χ4v) is 3.42. The molecule has 0 spiro atoms. The molecule has 1 saturated carbocycles. The maximum absolute atomic E-state index is 11.8. The van der Waals surface area contributed by atoms with Gasteiger partial charge in [0.1, 0.15) is 11.6 Å². The average molecular weight is 354 g/mol. The minimum absolute atomic E-state index is 0.152. The van der Waals surface area contributed by atoms with Crippen LogP contribution in [-0.2, 0) is 31.0 Å². The monoisotopic (exact) mass is 354 g/mol. The highest BCUT2D eigenvalue weighted by Crippen LogP contribution is 2.32. The smallest absolute Gasteiger partial charge is 0.220 e. The van der Waals surface area contributed by atoms with Crippen molar-refractivity contribution in [3.63, 3.8) is 0 Å². The molecule has 1 aromatic heterocycles. The zero-order valence-corrected chi connectivity index (χ0v) is 15.3. The van der Waals surface area contributed by atoms with Gasteiger partial charge in [0, 0.05) is 32.3 Å². The molecule has 2 aromatic rings. The first-order valence-electron chi connectivity index (χ1n) is 9.36. The van der Waals surface area contributed by atoms with Gasteiger partial charge in [-0.3, -0.25) is 9.69 Å². The predicted octanol–water partition coefficient (Wildman–Crippen LogP) is 2.32. The Hall–Kier alpha value is -2.34. The Balaban J connectivity index is 1.31. The summed E-state index contributed by atoms with van der Waals surface area (Å²) in [6.45, 7) is 4.22. The molecule has 6 heteroatoms. The number of aromatic nitrogens is 2. The lowest BCUT2D eigenvalue weighted by Gasteiger charge is -2.27. The molecule has 2 heterocycles. The van der Waals surface area contributed by atoms with Crippen molar-refractivity contribution < 1.29 is 9.53 Å². The van der Waals surface area contributed by atoms with Crippen molar-refractivity contribution in [1.29, 1.82) is 0 Å². The summed E-state index contributed by atoms with van der Waals surface area (Å²) in [6, 6.07) is 8.23. The van der Waals surface area contributed by atoms with Crippen LogP contribution >= 0.6 is 0 Å². The van der Waals surface area contributed by atoms with Crippen LogP contribution in [0.25, 0.3) is 0 Å². The lowest BCUT2D eigenvalue weighted by molar-refractivity contribution is -0.121. The fourth-order valence-electron chi connectivity index (χ4n) is 3.42. The van der Waals surface area contributed by atoms with Gasteiger partial charge in [-0.1, -0.05) is 12.1 Å². The van der Waals surface area contributed by atoms with E-state index in [-0.39, 0.29) is 5.91 Å². The lowest BCUT2D eigenvalue weighted by atomic mass is 10.2. The van der Waals surface area contributed by atoms with Crippen molar-refractivity contribution in [2.75, 3.05) is 13.7 Å². The van der Waals surface area contributed by atoms with Crippen molar-refractivity contribution in [3.8, 4) is 5.75 Å². The zero-order chi connectivity index (χ0) is 17.9. The highest BCUT2D eigenvalue weighted by atomic mass is 16.5. The molecule has 1 aliphatic carbocycles. The molecule has 1 N–H and O–H groups in total. The second-order valence-electron chi connectivity index (χ2n) is 7.32. The first-order valence-corrected chi connectivity index (χ1v) is 9.36. The Morgan fingerprint density at radius 1 is 1.27 bits per heavy atom. The van der Waals surface area contributed by atoms with Gasteiger partial charge in [0.25, 0.3) is 0 Å². The van der Waals surface area contributed by atoms with Crippen LogP contribution in [-0.4, -0.2) is 34.0 Å². The normalized spacial score (nSPS) is 17.0. The van der Waals surface area contributed by atoms with E-state index < -0.39 is 0 Å². The number of benzene rings is 1. The second kappa shape index (κ2) is 7.50. The van der Waals surface area contributed by atoms with Gasteiger partial charge in [0.05, 0.1) is 25.9 Å². The number of nitrogens with one attached hydrogen (secondary N) is 1. The summed E-state index contributed by atoms with van der Waals surface area (Å²) in [5, 5.41) is 3.00. The van der Waals surface area contributed by atoms with E-state index >= 15 is 0 Å². The van der Waals surface area contributed by atoms with E-state index in [1.165, 1.54) is 18.4 Å².